The van der Waals surface area contributed by atoms with Crippen molar-refractivity contribution >= 4 is 45.5 Å². The first kappa shape index (κ1) is 25.9. The lowest BCUT2D eigenvalue weighted by atomic mass is 10.0. The zero-order valence-electron chi connectivity index (χ0n) is 20.4. The number of hydrogen-bond donors (Lipinski definition) is 1. The van der Waals surface area contributed by atoms with Gasteiger partial charge in [0.05, 0.1) is 12.8 Å². The summed E-state index contributed by atoms with van der Waals surface area (Å²) in [6.07, 6.45) is 3.64. The minimum atomic E-state index is -0.806. The Labute approximate surface area is 223 Å². The van der Waals surface area contributed by atoms with Crippen molar-refractivity contribution in [2.24, 2.45) is 0 Å². The molecule has 3 aromatic rings. The minimum Gasteiger partial charge on any atom is -0.493 e. The molecule has 0 bridgehead atoms. The Hall–Kier alpha value is -4.17. The highest BCUT2D eigenvalue weighted by molar-refractivity contribution is 9.10. The Kier molecular flexibility index (Phi) is 7.89. The maximum atomic E-state index is 13.2. The molecular formula is C29H25BrN2O5. The van der Waals surface area contributed by atoms with E-state index in [1.165, 1.54) is 13.2 Å². The third-order valence-corrected chi connectivity index (χ3v) is 6.27. The van der Waals surface area contributed by atoms with Crippen molar-refractivity contribution in [3.63, 3.8) is 0 Å². The number of barbiturate groups is 1. The zero-order valence-corrected chi connectivity index (χ0v) is 22.0. The van der Waals surface area contributed by atoms with Gasteiger partial charge in [-0.1, -0.05) is 51.8 Å². The Morgan fingerprint density at radius 2 is 1.73 bits per heavy atom. The molecule has 3 aromatic carbocycles. The first-order valence-corrected chi connectivity index (χ1v) is 12.3. The van der Waals surface area contributed by atoms with Crippen LogP contribution in [0.4, 0.5) is 10.5 Å². The van der Waals surface area contributed by atoms with Crippen LogP contribution >= 0.6 is 15.9 Å². The van der Waals surface area contributed by atoms with Gasteiger partial charge in [0.15, 0.2) is 11.5 Å². The normalized spacial score (nSPS) is 14.5. The molecule has 1 fully saturated rings. The van der Waals surface area contributed by atoms with Crippen molar-refractivity contribution < 1.29 is 23.9 Å². The Balaban J connectivity index is 1.69. The fraction of sp³-hybridized carbons (Fsp3) is 0.138. The molecule has 4 amide bonds. The average molecular weight is 561 g/mol. The highest BCUT2D eigenvalue weighted by atomic mass is 79.9. The van der Waals surface area contributed by atoms with Crippen LogP contribution in [0.15, 0.2) is 83.4 Å². The van der Waals surface area contributed by atoms with E-state index >= 15 is 0 Å². The van der Waals surface area contributed by atoms with Crippen LogP contribution in [0.1, 0.15) is 22.3 Å². The molecule has 4 rings (SSSR count). The summed E-state index contributed by atoms with van der Waals surface area (Å²) in [5.74, 6) is -0.494. The number of hydrogen-bond acceptors (Lipinski definition) is 5. The van der Waals surface area contributed by atoms with Gasteiger partial charge in [0.25, 0.3) is 11.8 Å². The number of halogens is 1. The number of carbonyl (C=O) groups excluding carboxylic acids is 3. The van der Waals surface area contributed by atoms with E-state index in [9.17, 15) is 14.4 Å². The van der Waals surface area contributed by atoms with E-state index in [0.29, 0.717) is 35.8 Å². The number of methoxy groups -OCH3 is 1. The molecule has 188 valence electrons. The van der Waals surface area contributed by atoms with Gasteiger partial charge in [-0.15, -0.1) is 6.58 Å². The molecule has 0 saturated carbocycles. The van der Waals surface area contributed by atoms with Gasteiger partial charge in [0.1, 0.15) is 12.2 Å². The predicted octanol–water partition coefficient (Wildman–Crippen LogP) is 5.74. The van der Waals surface area contributed by atoms with E-state index in [-0.39, 0.29) is 5.57 Å². The van der Waals surface area contributed by atoms with Gasteiger partial charge >= 0.3 is 6.03 Å². The van der Waals surface area contributed by atoms with Crippen LogP contribution < -0.4 is 19.7 Å². The highest BCUT2D eigenvalue weighted by Gasteiger charge is 2.36. The molecule has 1 saturated heterocycles. The van der Waals surface area contributed by atoms with Crippen LogP contribution in [0.3, 0.4) is 0 Å². The highest BCUT2D eigenvalue weighted by Crippen LogP contribution is 2.35. The lowest BCUT2D eigenvalue weighted by Gasteiger charge is -2.26. The first-order valence-electron chi connectivity index (χ1n) is 11.5. The largest absolute Gasteiger partial charge is 0.493 e. The Morgan fingerprint density at radius 1 is 1.03 bits per heavy atom. The quantitative estimate of drug-likeness (QED) is 0.216. The Bertz CT molecular complexity index is 1400. The molecule has 0 spiro atoms. The third kappa shape index (κ3) is 5.81. The van der Waals surface area contributed by atoms with Crippen LogP contribution in [-0.4, -0.2) is 25.0 Å². The lowest BCUT2D eigenvalue weighted by molar-refractivity contribution is -0.122. The van der Waals surface area contributed by atoms with E-state index in [1.54, 1.807) is 36.4 Å². The first-order chi connectivity index (χ1) is 17.8. The average Bonchev–Trinajstić information content (AvgIpc) is 2.88. The van der Waals surface area contributed by atoms with E-state index < -0.39 is 17.8 Å². The molecule has 37 heavy (non-hydrogen) atoms. The van der Waals surface area contributed by atoms with Crippen molar-refractivity contribution in [2.45, 2.75) is 20.0 Å². The van der Waals surface area contributed by atoms with Crippen molar-refractivity contribution in [3.05, 3.63) is 106 Å². The van der Waals surface area contributed by atoms with Crippen molar-refractivity contribution in [2.75, 3.05) is 12.0 Å². The minimum absolute atomic E-state index is 0.178. The SMILES string of the molecule is C=CCc1cc(/C=C2\C(=O)NC(=O)N(c3ccc(Br)cc3)C2=O)cc(OC)c1OCc1ccc(C)cc1. The lowest BCUT2D eigenvalue weighted by Crippen LogP contribution is -2.54. The van der Waals surface area contributed by atoms with Crippen LogP contribution in [0.2, 0.25) is 0 Å². The van der Waals surface area contributed by atoms with Gasteiger partial charge in [0.2, 0.25) is 0 Å². The van der Waals surface area contributed by atoms with Gasteiger partial charge in [-0.25, -0.2) is 9.69 Å². The number of anilines is 1. The second-order valence-corrected chi connectivity index (χ2v) is 9.33. The summed E-state index contributed by atoms with van der Waals surface area (Å²) >= 11 is 3.33. The van der Waals surface area contributed by atoms with Gasteiger partial charge < -0.3 is 9.47 Å². The monoisotopic (exact) mass is 560 g/mol. The summed E-state index contributed by atoms with van der Waals surface area (Å²) in [5, 5.41) is 2.24. The maximum absolute atomic E-state index is 13.2. The molecular weight excluding hydrogens is 536 g/mol. The smallest absolute Gasteiger partial charge is 0.335 e. The molecule has 1 heterocycles. The molecule has 0 atom stereocenters. The molecule has 0 radical (unpaired) electrons. The molecule has 1 aliphatic heterocycles. The molecule has 1 N–H and O–H groups in total. The summed E-state index contributed by atoms with van der Waals surface area (Å²) in [6.45, 7) is 6.19. The number of nitrogens with one attached hydrogen (secondary N) is 1. The van der Waals surface area contributed by atoms with Crippen molar-refractivity contribution in [1.29, 1.82) is 0 Å². The number of allylic oxidation sites excluding steroid dienone is 1. The molecule has 1 aliphatic rings. The molecule has 0 aromatic heterocycles. The number of nitrogens with zero attached hydrogens (tertiary/aromatic N) is 1. The van der Waals surface area contributed by atoms with E-state index in [0.717, 1.165) is 26.1 Å². The summed E-state index contributed by atoms with van der Waals surface area (Å²) < 4.78 is 12.5. The number of benzene rings is 3. The predicted molar refractivity (Wildman–Crippen MR) is 146 cm³/mol. The summed E-state index contributed by atoms with van der Waals surface area (Å²) in [7, 11) is 1.52. The number of imide groups is 2. The van der Waals surface area contributed by atoms with Crippen LogP contribution in [0.5, 0.6) is 11.5 Å². The van der Waals surface area contributed by atoms with E-state index in [4.69, 9.17) is 9.47 Å². The number of amides is 4. The number of urea groups is 1. The number of aryl methyl sites for hydroxylation is 1. The van der Waals surface area contributed by atoms with Gasteiger partial charge in [-0.2, -0.15) is 0 Å². The van der Waals surface area contributed by atoms with Gasteiger partial charge in [-0.05, 0) is 66.9 Å². The second kappa shape index (κ2) is 11.3. The van der Waals surface area contributed by atoms with Crippen LogP contribution in [0.25, 0.3) is 6.08 Å². The number of carbonyl (C=O) groups is 3. The van der Waals surface area contributed by atoms with Crippen molar-refractivity contribution in [3.8, 4) is 11.5 Å². The summed E-state index contributed by atoms with van der Waals surface area (Å²) in [5.41, 5.74) is 3.65. The van der Waals surface area contributed by atoms with Crippen molar-refractivity contribution in [1.82, 2.24) is 5.32 Å². The van der Waals surface area contributed by atoms with Gasteiger partial charge in [-0.3, -0.25) is 14.9 Å². The molecule has 7 nitrogen and oxygen atoms in total. The van der Waals surface area contributed by atoms with Crippen LogP contribution in [0, 0.1) is 6.92 Å². The summed E-state index contributed by atoms with van der Waals surface area (Å²) in [6, 6.07) is 17.4. The second-order valence-electron chi connectivity index (χ2n) is 8.41. The van der Waals surface area contributed by atoms with Crippen LogP contribution in [-0.2, 0) is 22.6 Å². The topological polar surface area (TPSA) is 84.9 Å². The zero-order chi connectivity index (χ0) is 26.5. The van der Waals surface area contributed by atoms with E-state index in [1.807, 2.05) is 37.3 Å². The third-order valence-electron chi connectivity index (χ3n) is 5.74. The van der Waals surface area contributed by atoms with E-state index in [2.05, 4.69) is 27.8 Å². The Morgan fingerprint density at radius 3 is 2.38 bits per heavy atom. The standard InChI is InChI=1S/C29H25BrN2O5/c1-4-5-21-14-20(16-25(36-3)26(21)37-17-19-8-6-18(2)7-9-19)15-24-27(33)31-29(35)32(28(24)34)23-12-10-22(30)11-13-23/h4,6-16H,1,5,17H2,2-3H3,(H,31,33,35)/b24-15+. The molecule has 8 heteroatoms. The fourth-order valence-corrected chi connectivity index (χ4v) is 4.14. The number of rotatable bonds is 8. The molecule has 0 aliphatic carbocycles. The maximum Gasteiger partial charge on any atom is 0.335 e. The fourth-order valence-electron chi connectivity index (χ4n) is 3.88. The molecule has 0 unspecified atom stereocenters. The number of ether oxygens (including phenoxy) is 2. The summed E-state index contributed by atoms with van der Waals surface area (Å²) in [4.78, 5) is 39.3. The van der Waals surface area contributed by atoms with Gasteiger partial charge in [0, 0.05) is 10.0 Å².